The molecule has 1 saturated heterocycles. The average molecular weight is 274 g/mol. The Morgan fingerprint density at radius 2 is 2.30 bits per heavy atom. The van der Waals surface area contributed by atoms with Gasteiger partial charge in [-0.05, 0) is 31.9 Å². The molecule has 1 atom stereocenters. The van der Waals surface area contributed by atoms with Crippen LogP contribution in [0.5, 0.6) is 0 Å². The number of carbonyl (C=O) groups is 1. The summed E-state index contributed by atoms with van der Waals surface area (Å²) in [4.78, 5) is 16.4. The number of oxazole rings is 1. The number of nitrogens with zero attached hydrogens (tertiary/aromatic N) is 1. The highest BCUT2D eigenvalue weighted by molar-refractivity contribution is 5.85. The summed E-state index contributed by atoms with van der Waals surface area (Å²) in [5, 5.41) is 2.89. The van der Waals surface area contributed by atoms with Crippen molar-refractivity contribution in [1.82, 2.24) is 10.3 Å². The SMILES string of the molecule is C[C@]1(C(=O)NCCc2nc3ccccc3o2)CCCO1. The van der Waals surface area contributed by atoms with Gasteiger partial charge in [-0.15, -0.1) is 0 Å². The number of benzene rings is 1. The molecule has 5 heteroatoms. The molecule has 0 spiro atoms. The largest absolute Gasteiger partial charge is 0.441 e. The smallest absolute Gasteiger partial charge is 0.251 e. The second kappa shape index (κ2) is 5.25. The van der Waals surface area contributed by atoms with Gasteiger partial charge in [0.15, 0.2) is 11.5 Å². The third-order valence-electron chi connectivity index (χ3n) is 3.66. The van der Waals surface area contributed by atoms with Gasteiger partial charge in [0.05, 0.1) is 0 Å². The van der Waals surface area contributed by atoms with Gasteiger partial charge in [-0.2, -0.15) is 0 Å². The van der Waals surface area contributed by atoms with Crippen LogP contribution in [0.15, 0.2) is 28.7 Å². The van der Waals surface area contributed by atoms with Gasteiger partial charge in [0.25, 0.3) is 5.91 Å². The number of hydrogen-bond donors (Lipinski definition) is 1. The molecule has 1 aliphatic heterocycles. The van der Waals surface area contributed by atoms with Crippen molar-refractivity contribution in [3.05, 3.63) is 30.2 Å². The fourth-order valence-corrected chi connectivity index (χ4v) is 2.45. The number of nitrogens with one attached hydrogen (secondary N) is 1. The first-order valence-corrected chi connectivity index (χ1v) is 6.94. The summed E-state index contributed by atoms with van der Waals surface area (Å²) in [5.74, 6) is 0.593. The van der Waals surface area contributed by atoms with Gasteiger partial charge < -0.3 is 14.5 Å². The average Bonchev–Trinajstić information content (AvgIpc) is 3.05. The maximum absolute atomic E-state index is 12.0. The van der Waals surface area contributed by atoms with E-state index in [2.05, 4.69) is 10.3 Å². The van der Waals surface area contributed by atoms with Crippen LogP contribution in [0.3, 0.4) is 0 Å². The molecule has 20 heavy (non-hydrogen) atoms. The minimum Gasteiger partial charge on any atom is -0.441 e. The van der Waals surface area contributed by atoms with Crippen LogP contribution in [0.25, 0.3) is 11.1 Å². The summed E-state index contributed by atoms with van der Waals surface area (Å²) in [5.41, 5.74) is 0.959. The Labute approximate surface area is 117 Å². The summed E-state index contributed by atoms with van der Waals surface area (Å²) in [6, 6.07) is 7.64. The molecule has 1 aliphatic rings. The fraction of sp³-hybridized carbons (Fsp3) is 0.467. The molecule has 1 aromatic heterocycles. The van der Waals surface area contributed by atoms with Gasteiger partial charge >= 0.3 is 0 Å². The minimum absolute atomic E-state index is 0.0499. The Kier molecular flexibility index (Phi) is 3.44. The molecule has 0 saturated carbocycles. The molecule has 106 valence electrons. The van der Waals surface area contributed by atoms with Crippen LogP contribution in [0.1, 0.15) is 25.7 Å². The number of fused-ring (bicyclic) bond motifs is 1. The second-order valence-corrected chi connectivity index (χ2v) is 5.26. The summed E-state index contributed by atoms with van der Waals surface area (Å²) in [6.07, 6.45) is 2.30. The summed E-state index contributed by atoms with van der Waals surface area (Å²) in [7, 11) is 0. The van der Waals surface area contributed by atoms with E-state index in [1.807, 2.05) is 31.2 Å². The van der Waals surface area contributed by atoms with E-state index in [1.54, 1.807) is 0 Å². The van der Waals surface area contributed by atoms with Crippen LogP contribution in [-0.2, 0) is 16.0 Å². The van der Waals surface area contributed by atoms with Crippen LogP contribution in [0.2, 0.25) is 0 Å². The Morgan fingerprint density at radius 1 is 1.45 bits per heavy atom. The highest BCUT2D eigenvalue weighted by Crippen LogP contribution is 2.24. The molecule has 2 aromatic rings. The standard InChI is InChI=1S/C15H18N2O3/c1-15(8-4-10-19-15)14(18)16-9-7-13-17-11-5-2-3-6-12(11)20-13/h2-3,5-6H,4,7-10H2,1H3,(H,16,18)/t15-/m1/s1. The molecular formula is C15H18N2O3. The highest BCUT2D eigenvalue weighted by Gasteiger charge is 2.37. The summed E-state index contributed by atoms with van der Waals surface area (Å²) in [6.45, 7) is 3.01. The van der Waals surface area contributed by atoms with Crippen molar-refractivity contribution < 1.29 is 13.9 Å². The zero-order chi connectivity index (χ0) is 14.0. The van der Waals surface area contributed by atoms with Crippen LogP contribution in [0.4, 0.5) is 0 Å². The van der Waals surface area contributed by atoms with Gasteiger partial charge in [0.1, 0.15) is 11.1 Å². The third-order valence-corrected chi connectivity index (χ3v) is 3.66. The predicted octanol–water partition coefficient (Wildman–Crippen LogP) is 2.06. The Bertz CT molecular complexity index is 581. The van der Waals surface area contributed by atoms with Crippen molar-refractivity contribution in [3.8, 4) is 0 Å². The van der Waals surface area contributed by atoms with Gasteiger partial charge in [0, 0.05) is 19.6 Å². The molecule has 5 nitrogen and oxygen atoms in total. The molecule has 0 bridgehead atoms. The zero-order valence-electron chi connectivity index (χ0n) is 11.5. The van der Waals surface area contributed by atoms with E-state index in [-0.39, 0.29) is 5.91 Å². The predicted molar refractivity (Wildman–Crippen MR) is 74.3 cm³/mol. The van der Waals surface area contributed by atoms with Crippen molar-refractivity contribution in [2.24, 2.45) is 0 Å². The van der Waals surface area contributed by atoms with E-state index in [9.17, 15) is 4.79 Å². The van der Waals surface area contributed by atoms with Crippen molar-refractivity contribution in [2.45, 2.75) is 31.8 Å². The monoisotopic (exact) mass is 274 g/mol. The summed E-state index contributed by atoms with van der Waals surface area (Å²) < 4.78 is 11.1. The zero-order valence-corrected chi connectivity index (χ0v) is 11.5. The van der Waals surface area contributed by atoms with Crippen molar-refractivity contribution in [3.63, 3.8) is 0 Å². The lowest BCUT2D eigenvalue weighted by Gasteiger charge is -2.21. The first kappa shape index (κ1) is 13.1. The maximum atomic E-state index is 12.0. The Hall–Kier alpha value is -1.88. The first-order valence-electron chi connectivity index (χ1n) is 6.94. The van der Waals surface area contributed by atoms with E-state index in [1.165, 1.54) is 0 Å². The van der Waals surface area contributed by atoms with Crippen LogP contribution in [0, 0.1) is 0 Å². The Morgan fingerprint density at radius 3 is 3.05 bits per heavy atom. The Balaban J connectivity index is 1.56. The lowest BCUT2D eigenvalue weighted by atomic mass is 10.0. The molecule has 1 aromatic carbocycles. The quantitative estimate of drug-likeness (QED) is 0.926. The number of amides is 1. The fourth-order valence-electron chi connectivity index (χ4n) is 2.45. The van der Waals surface area contributed by atoms with Crippen molar-refractivity contribution >= 4 is 17.0 Å². The highest BCUT2D eigenvalue weighted by atomic mass is 16.5. The van der Waals surface area contributed by atoms with E-state index < -0.39 is 5.60 Å². The molecule has 1 fully saturated rings. The van der Waals surface area contributed by atoms with Crippen LogP contribution in [-0.4, -0.2) is 29.6 Å². The van der Waals surface area contributed by atoms with E-state index >= 15 is 0 Å². The number of para-hydroxylation sites is 2. The molecule has 3 rings (SSSR count). The number of hydrogen-bond acceptors (Lipinski definition) is 4. The number of aromatic nitrogens is 1. The molecule has 0 unspecified atom stereocenters. The van der Waals surface area contributed by atoms with Crippen molar-refractivity contribution in [2.75, 3.05) is 13.2 Å². The molecule has 1 N–H and O–H groups in total. The lowest BCUT2D eigenvalue weighted by Crippen LogP contribution is -2.44. The van der Waals surface area contributed by atoms with Gasteiger partial charge in [-0.3, -0.25) is 4.79 Å². The topological polar surface area (TPSA) is 64.4 Å². The van der Waals surface area contributed by atoms with E-state index in [4.69, 9.17) is 9.15 Å². The molecule has 1 amide bonds. The normalized spacial score (nSPS) is 22.2. The maximum Gasteiger partial charge on any atom is 0.251 e. The lowest BCUT2D eigenvalue weighted by molar-refractivity contribution is -0.139. The second-order valence-electron chi connectivity index (χ2n) is 5.26. The summed E-state index contributed by atoms with van der Waals surface area (Å²) >= 11 is 0. The molecule has 2 heterocycles. The first-order chi connectivity index (χ1) is 9.67. The van der Waals surface area contributed by atoms with Gasteiger partial charge in [-0.1, -0.05) is 12.1 Å². The third kappa shape index (κ3) is 2.54. The number of rotatable bonds is 4. The van der Waals surface area contributed by atoms with Crippen LogP contribution >= 0.6 is 0 Å². The van der Waals surface area contributed by atoms with Crippen molar-refractivity contribution in [1.29, 1.82) is 0 Å². The van der Waals surface area contributed by atoms with E-state index in [0.29, 0.717) is 25.5 Å². The number of carbonyl (C=O) groups excluding carboxylic acids is 1. The minimum atomic E-state index is -0.665. The molecule has 0 radical (unpaired) electrons. The van der Waals surface area contributed by atoms with Crippen LogP contribution < -0.4 is 5.32 Å². The van der Waals surface area contributed by atoms with Gasteiger partial charge in [0.2, 0.25) is 0 Å². The van der Waals surface area contributed by atoms with E-state index in [0.717, 1.165) is 23.9 Å². The molecule has 0 aliphatic carbocycles. The van der Waals surface area contributed by atoms with Gasteiger partial charge in [-0.25, -0.2) is 4.98 Å². The molecular weight excluding hydrogens is 256 g/mol. The number of ether oxygens (including phenoxy) is 1.